The van der Waals surface area contributed by atoms with E-state index in [9.17, 15) is 4.79 Å². The van der Waals surface area contributed by atoms with Crippen molar-refractivity contribution in [3.05, 3.63) is 22.9 Å². The van der Waals surface area contributed by atoms with E-state index in [0.29, 0.717) is 31.7 Å². The fourth-order valence-electron chi connectivity index (χ4n) is 2.39. The number of carbonyl (C=O) groups is 1. The smallest absolute Gasteiger partial charge is 0.409 e. The summed E-state index contributed by atoms with van der Waals surface area (Å²) < 4.78 is 4.72. The van der Waals surface area contributed by atoms with Crippen molar-refractivity contribution in [2.24, 2.45) is 0 Å². The van der Waals surface area contributed by atoms with E-state index < -0.39 is 0 Å². The lowest BCUT2D eigenvalue weighted by Crippen LogP contribution is -2.49. The molecule has 0 saturated carbocycles. The van der Waals surface area contributed by atoms with Crippen LogP contribution < -0.4 is 4.90 Å². The number of amides is 1. The third-order valence-electron chi connectivity index (χ3n) is 3.53. The predicted molar refractivity (Wildman–Crippen MR) is 74.6 cm³/mol. The van der Waals surface area contributed by atoms with Gasteiger partial charge in [-0.25, -0.2) is 9.78 Å². The third kappa shape index (κ3) is 2.67. The minimum absolute atomic E-state index is 0.287. The van der Waals surface area contributed by atoms with Crippen LogP contribution in [0.3, 0.4) is 0 Å². The first-order valence-corrected chi connectivity index (χ1v) is 6.53. The molecule has 0 aliphatic carbocycles. The Morgan fingerprint density at radius 2 is 2.00 bits per heavy atom. The SMILES string of the molecule is COC(=O)N1CCN(c2cc(C)c(C#N)c(C)n2)CC1. The molecule has 0 radical (unpaired) electrons. The molecule has 1 saturated heterocycles. The van der Waals surface area contributed by atoms with Gasteiger partial charge >= 0.3 is 6.09 Å². The molecular weight excluding hydrogens is 256 g/mol. The highest BCUT2D eigenvalue weighted by atomic mass is 16.5. The summed E-state index contributed by atoms with van der Waals surface area (Å²) in [5, 5.41) is 9.06. The molecule has 2 heterocycles. The maximum absolute atomic E-state index is 11.4. The molecule has 0 bridgehead atoms. The Labute approximate surface area is 118 Å². The molecule has 20 heavy (non-hydrogen) atoms. The lowest BCUT2D eigenvalue weighted by molar-refractivity contribution is 0.121. The number of carbonyl (C=O) groups excluding carboxylic acids is 1. The van der Waals surface area contributed by atoms with Gasteiger partial charge in [-0.1, -0.05) is 0 Å². The average Bonchev–Trinajstić information content (AvgIpc) is 2.46. The standard InChI is InChI=1S/C14H18N4O2/c1-10-8-13(16-11(2)12(10)9-15)17-4-6-18(7-5-17)14(19)20-3/h8H,4-7H2,1-3H3. The predicted octanol–water partition coefficient (Wildman–Crippen LogP) is 1.46. The van der Waals surface area contributed by atoms with Gasteiger partial charge in [0.25, 0.3) is 0 Å². The molecule has 0 unspecified atom stereocenters. The molecule has 0 atom stereocenters. The number of hydrogen-bond donors (Lipinski definition) is 0. The Balaban J connectivity index is 2.12. The highest BCUT2D eigenvalue weighted by molar-refractivity contribution is 5.67. The molecule has 1 aromatic rings. The lowest BCUT2D eigenvalue weighted by atomic mass is 10.1. The first-order valence-electron chi connectivity index (χ1n) is 6.53. The first-order chi connectivity index (χ1) is 9.56. The number of aryl methyl sites for hydroxylation is 2. The van der Waals surface area contributed by atoms with Crippen LogP contribution in [0.5, 0.6) is 0 Å². The number of methoxy groups -OCH3 is 1. The second-order valence-electron chi connectivity index (χ2n) is 4.81. The van der Waals surface area contributed by atoms with E-state index in [-0.39, 0.29) is 6.09 Å². The van der Waals surface area contributed by atoms with Crippen LogP contribution in [0.4, 0.5) is 10.6 Å². The maximum atomic E-state index is 11.4. The summed E-state index contributed by atoms with van der Waals surface area (Å²) in [6.45, 7) is 6.43. The van der Waals surface area contributed by atoms with Crippen molar-refractivity contribution in [2.75, 3.05) is 38.2 Å². The minimum atomic E-state index is -0.287. The number of hydrogen-bond acceptors (Lipinski definition) is 5. The number of pyridine rings is 1. The van der Waals surface area contributed by atoms with Gasteiger partial charge in [-0.05, 0) is 25.5 Å². The Morgan fingerprint density at radius 3 is 2.50 bits per heavy atom. The van der Waals surface area contributed by atoms with Crippen LogP contribution >= 0.6 is 0 Å². The molecular formula is C14H18N4O2. The van der Waals surface area contributed by atoms with E-state index in [2.05, 4.69) is 16.0 Å². The Hall–Kier alpha value is -2.29. The molecule has 1 aromatic heterocycles. The van der Waals surface area contributed by atoms with Crippen molar-refractivity contribution in [3.8, 4) is 6.07 Å². The topological polar surface area (TPSA) is 69.5 Å². The van der Waals surface area contributed by atoms with Crippen molar-refractivity contribution in [1.82, 2.24) is 9.88 Å². The van der Waals surface area contributed by atoms with Gasteiger partial charge in [0, 0.05) is 26.2 Å². The van der Waals surface area contributed by atoms with E-state index >= 15 is 0 Å². The molecule has 6 heteroatoms. The number of nitriles is 1. The summed E-state index contributed by atoms with van der Waals surface area (Å²) in [7, 11) is 1.39. The summed E-state index contributed by atoms with van der Waals surface area (Å²) in [5.41, 5.74) is 2.32. The van der Waals surface area contributed by atoms with Gasteiger partial charge in [-0.2, -0.15) is 5.26 Å². The van der Waals surface area contributed by atoms with E-state index in [1.54, 1.807) is 4.90 Å². The average molecular weight is 274 g/mol. The molecule has 0 N–H and O–H groups in total. The number of nitrogens with zero attached hydrogens (tertiary/aromatic N) is 4. The zero-order valence-electron chi connectivity index (χ0n) is 12.0. The zero-order valence-corrected chi connectivity index (χ0v) is 12.0. The van der Waals surface area contributed by atoms with Crippen LogP contribution in [0.15, 0.2) is 6.07 Å². The number of rotatable bonds is 1. The fourth-order valence-corrected chi connectivity index (χ4v) is 2.39. The first kappa shape index (κ1) is 14.1. The zero-order chi connectivity index (χ0) is 14.7. The number of aromatic nitrogens is 1. The van der Waals surface area contributed by atoms with Crippen LogP contribution in [-0.4, -0.2) is 49.3 Å². The second-order valence-corrected chi connectivity index (χ2v) is 4.81. The summed E-state index contributed by atoms with van der Waals surface area (Å²) in [6.07, 6.45) is -0.287. The van der Waals surface area contributed by atoms with Crippen LogP contribution in [0.2, 0.25) is 0 Å². The fraction of sp³-hybridized carbons (Fsp3) is 0.500. The minimum Gasteiger partial charge on any atom is -0.453 e. The van der Waals surface area contributed by atoms with Gasteiger partial charge in [-0.15, -0.1) is 0 Å². The van der Waals surface area contributed by atoms with Crippen LogP contribution in [-0.2, 0) is 4.74 Å². The summed E-state index contributed by atoms with van der Waals surface area (Å²) in [4.78, 5) is 19.7. The van der Waals surface area contributed by atoms with E-state index in [1.165, 1.54) is 7.11 Å². The number of anilines is 1. The van der Waals surface area contributed by atoms with E-state index in [0.717, 1.165) is 17.1 Å². The van der Waals surface area contributed by atoms with E-state index in [1.807, 2.05) is 19.9 Å². The van der Waals surface area contributed by atoms with Crippen LogP contribution in [0.1, 0.15) is 16.8 Å². The normalized spacial score (nSPS) is 14.9. The van der Waals surface area contributed by atoms with Crippen LogP contribution in [0.25, 0.3) is 0 Å². The summed E-state index contributed by atoms with van der Waals surface area (Å²) in [6, 6.07) is 4.10. The van der Waals surface area contributed by atoms with Gasteiger partial charge < -0.3 is 14.5 Å². The molecule has 106 valence electrons. The molecule has 6 nitrogen and oxygen atoms in total. The molecule has 0 aromatic carbocycles. The Bertz CT molecular complexity index is 534. The molecule has 1 amide bonds. The van der Waals surface area contributed by atoms with E-state index in [4.69, 9.17) is 10.00 Å². The lowest BCUT2D eigenvalue weighted by Gasteiger charge is -2.34. The highest BCUT2D eigenvalue weighted by Crippen LogP contribution is 2.20. The summed E-state index contributed by atoms with van der Waals surface area (Å²) >= 11 is 0. The second kappa shape index (κ2) is 5.78. The third-order valence-corrected chi connectivity index (χ3v) is 3.53. The molecule has 1 fully saturated rings. The maximum Gasteiger partial charge on any atom is 0.409 e. The largest absolute Gasteiger partial charge is 0.453 e. The van der Waals surface area contributed by atoms with Crippen molar-refractivity contribution >= 4 is 11.9 Å². The molecule has 1 aliphatic rings. The molecule has 2 rings (SSSR count). The van der Waals surface area contributed by atoms with Gasteiger partial charge in [-0.3, -0.25) is 0 Å². The highest BCUT2D eigenvalue weighted by Gasteiger charge is 2.22. The van der Waals surface area contributed by atoms with Gasteiger partial charge in [0.15, 0.2) is 0 Å². The quantitative estimate of drug-likeness (QED) is 0.775. The van der Waals surface area contributed by atoms with Gasteiger partial charge in [0.1, 0.15) is 11.9 Å². The number of ether oxygens (including phenoxy) is 1. The van der Waals surface area contributed by atoms with Crippen LogP contribution in [0, 0.1) is 25.2 Å². The summed E-state index contributed by atoms with van der Waals surface area (Å²) in [5.74, 6) is 0.864. The van der Waals surface area contributed by atoms with Crippen molar-refractivity contribution in [1.29, 1.82) is 5.26 Å². The Kier molecular flexibility index (Phi) is 4.08. The molecule has 1 aliphatic heterocycles. The van der Waals surface area contributed by atoms with Crippen molar-refractivity contribution in [2.45, 2.75) is 13.8 Å². The molecule has 0 spiro atoms. The Morgan fingerprint density at radius 1 is 1.35 bits per heavy atom. The van der Waals surface area contributed by atoms with Gasteiger partial charge in [0.05, 0.1) is 18.4 Å². The van der Waals surface area contributed by atoms with Gasteiger partial charge in [0.2, 0.25) is 0 Å². The van der Waals surface area contributed by atoms with Crippen molar-refractivity contribution in [3.63, 3.8) is 0 Å². The van der Waals surface area contributed by atoms with Crippen molar-refractivity contribution < 1.29 is 9.53 Å². The monoisotopic (exact) mass is 274 g/mol. The number of piperazine rings is 1.